The molecular formula is C18H26F3N5O2. The predicted octanol–water partition coefficient (Wildman–Crippen LogP) is 2.08. The number of alkyl halides is 3. The lowest BCUT2D eigenvalue weighted by atomic mass is 9.85. The standard InChI is InChI=1S/C18H26F3N5O2/c1-24-14-8-15(26(2)9-16(23)27)12(7-13(14)22)17(28)25-11-5-3-10(4-6-11)18(19,20)21/h7-8,10-11,24H,3-6,9,22H2,1-2H3,(H2,23,27)(H,25,28). The van der Waals surface area contributed by atoms with Crippen molar-refractivity contribution in [3.05, 3.63) is 17.7 Å². The van der Waals surface area contributed by atoms with Crippen LogP contribution in [-0.2, 0) is 4.79 Å². The molecule has 1 aromatic rings. The van der Waals surface area contributed by atoms with E-state index < -0.39 is 23.9 Å². The third-order valence-corrected chi connectivity index (χ3v) is 5.01. The lowest BCUT2D eigenvalue weighted by molar-refractivity contribution is -0.182. The number of carbonyl (C=O) groups is 2. The molecule has 0 saturated heterocycles. The number of hydrogen-bond acceptors (Lipinski definition) is 5. The zero-order valence-electron chi connectivity index (χ0n) is 15.9. The Morgan fingerprint density at radius 1 is 1.21 bits per heavy atom. The molecule has 0 aliphatic heterocycles. The molecule has 0 atom stereocenters. The smallest absolute Gasteiger partial charge is 0.391 e. The highest BCUT2D eigenvalue weighted by molar-refractivity contribution is 6.02. The van der Waals surface area contributed by atoms with E-state index in [2.05, 4.69) is 10.6 Å². The lowest BCUT2D eigenvalue weighted by Crippen LogP contribution is -2.40. The van der Waals surface area contributed by atoms with Crippen LogP contribution in [0.25, 0.3) is 0 Å². The number of nitrogens with zero attached hydrogens (tertiary/aromatic N) is 1. The lowest BCUT2D eigenvalue weighted by Gasteiger charge is -2.31. The number of likely N-dealkylation sites (N-methyl/N-ethyl adjacent to an activating group) is 1. The van der Waals surface area contributed by atoms with Crippen LogP contribution in [-0.4, -0.2) is 44.7 Å². The predicted molar refractivity (Wildman–Crippen MR) is 102 cm³/mol. The van der Waals surface area contributed by atoms with E-state index in [1.807, 2.05) is 0 Å². The van der Waals surface area contributed by atoms with Gasteiger partial charge in [0.1, 0.15) is 0 Å². The number of hydrogen-bond donors (Lipinski definition) is 4. The average molecular weight is 401 g/mol. The van der Waals surface area contributed by atoms with Crippen molar-refractivity contribution >= 4 is 28.9 Å². The summed E-state index contributed by atoms with van der Waals surface area (Å²) in [5.74, 6) is -2.33. The first-order chi connectivity index (χ1) is 13.0. The maximum absolute atomic E-state index is 12.8. The fraction of sp³-hybridized carbons (Fsp3) is 0.556. The van der Waals surface area contributed by atoms with Crippen molar-refractivity contribution in [1.29, 1.82) is 0 Å². The summed E-state index contributed by atoms with van der Waals surface area (Å²) in [7, 11) is 3.28. The van der Waals surface area contributed by atoms with Crippen molar-refractivity contribution in [1.82, 2.24) is 5.32 Å². The van der Waals surface area contributed by atoms with Crippen LogP contribution in [0.1, 0.15) is 36.0 Å². The van der Waals surface area contributed by atoms with E-state index in [-0.39, 0.29) is 43.8 Å². The third kappa shape index (κ3) is 5.20. The zero-order valence-corrected chi connectivity index (χ0v) is 15.9. The summed E-state index contributed by atoms with van der Waals surface area (Å²) in [5.41, 5.74) is 12.8. The van der Waals surface area contributed by atoms with Crippen molar-refractivity contribution in [3.63, 3.8) is 0 Å². The quantitative estimate of drug-likeness (QED) is 0.545. The first-order valence-corrected chi connectivity index (χ1v) is 9.01. The number of benzene rings is 1. The van der Waals surface area contributed by atoms with Crippen molar-refractivity contribution in [2.75, 3.05) is 36.6 Å². The van der Waals surface area contributed by atoms with Crippen LogP contribution in [0.4, 0.5) is 30.2 Å². The summed E-state index contributed by atoms with van der Waals surface area (Å²) >= 11 is 0. The highest BCUT2D eigenvalue weighted by Gasteiger charge is 2.41. The van der Waals surface area contributed by atoms with Crippen molar-refractivity contribution in [3.8, 4) is 0 Å². The van der Waals surface area contributed by atoms with Gasteiger partial charge < -0.3 is 27.0 Å². The Morgan fingerprint density at radius 2 is 1.82 bits per heavy atom. The molecule has 0 spiro atoms. The van der Waals surface area contributed by atoms with Gasteiger partial charge in [-0.1, -0.05) is 0 Å². The molecule has 0 radical (unpaired) electrons. The Morgan fingerprint density at radius 3 is 2.32 bits per heavy atom. The number of carbonyl (C=O) groups excluding carboxylic acids is 2. The van der Waals surface area contributed by atoms with E-state index in [0.29, 0.717) is 17.1 Å². The number of amides is 2. The normalized spacial score (nSPS) is 19.8. The summed E-state index contributed by atoms with van der Waals surface area (Å²) in [4.78, 5) is 25.6. The zero-order chi connectivity index (χ0) is 21.1. The van der Waals surface area contributed by atoms with Gasteiger partial charge in [-0.2, -0.15) is 13.2 Å². The van der Waals surface area contributed by atoms with Gasteiger partial charge in [0, 0.05) is 20.1 Å². The molecule has 0 heterocycles. The second kappa shape index (κ2) is 8.57. The van der Waals surface area contributed by atoms with Gasteiger partial charge in [0.15, 0.2) is 0 Å². The van der Waals surface area contributed by atoms with Crippen LogP contribution in [0.3, 0.4) is 0 Å². The number of nitrogen functional groups attached to an aromatic ring is 1. The first kappa shape index (κ1) is 21.6. The maximum Gasteiger partial charge on any atom is 0.391 e. The maximum atomic E-state index is 12.8. The molecule has 6 N–H and O–H groups in total. The molecule has 156 valence electrons. The van der Waals surface area contributed by atoms with Crippen LogP contribution in [0.15, 0.2) is 12.1 Å². The van der Waals surface area contributed by atoms with Gasteiger partial charge in [0.2, 0.25) is 5.91 Å². The summed E-state index contributed by atoms with van der Waals surface area (Å²) in [6.45, 7) is -0.107. The minimum absolute atomic E-state index is 0.0102. The molecule has 28 heavy (non-hydrogen) atoms. The monoisotopic (exact) mass is 401 g/mol. The number of primary amides is 1. The molecule has 0 bridgehead atoms. The van der Waals surface area contributed by atoms with E-state index in [4.69, 9.17) is 11.5 Å². The summed E-state index contributed by atoms with van der Waals surface area (Å²) in [6, 6.07) is 2.77. The van der Waals surface area contributed by atoms with Crippen LogP contribution >= 0.6 is 0 Å². The summed E-state index contributed by atoms with van der Waals surface area (Å²) in [5, 5.41) is 5.70. The fourth-order valence-corrected chi connectivity index (χ4v) is 3.47. The van der Waals surface area contributed by atoms with Crippen molar-refractivity contribution < 1.29 is 22.8 Å². The molecule has 1 aromatic carbocycles. The Hall–Kier alpha value is -2.65. The van der Waals surface area contributed by atoms with Gasteiger partial charge in [0.25, 0.3) is 5.91 Å². The van der Waals surface area contributed by atoms with Gasteiger partial charge in [-0.05, 0) is 37.8 Å². The van der Waals surface area contributed by atoms with Crippen LogP contribution in [0.5, 0.6) is 0 Å². The van der Waals surface area contributed by atoms with Crippen LogP contribution in [0, 0.1) is 5.92 Å². The number of halogens is 3. The Balaban J connectivity index is 2.18. The SMILES string of the molecule is CNc1cc(N(C)CC(N)=O)c(C(=O)NC2CCC(C(F)(F)F)CC2)cc1N. The van der Waals surface area contributed by atoms with E-state index in [1.54, 1.807) is 20.2 Å². The second-order valence-electron chi connectivity index (χ2n) is 7.09. The van der Waals surface area contributed by atoms with Gasteiger partial charge in [-0.25, -0.2) is 0 Å². The fourth-order valence-electron chi connectivity index (χ4n) is 3.47. The summed E-state index contributed by atoms with van der Waals surface area (Å²) in [6.07, 6.45) is -3.70. The van der Waals surface area contributed by atoms with Gasteiger partial charge in [0.05, 0.1) is 35.1 Å². The van der Waals surface area contributed by atoms with Crippen molar-refractivity contribution in [2.45, 2.75) is 37.9 Å². The van der Waals surface area contributed by atoms with E-state index in [9.17, 15) is 22.8 Å². The Kier molecular flexibility index (Phi) is 6.63. The number of nitrogens with two attached hydrogens (primary N) is 2. The Bertz CT molecular complexity index is 731. The van der Waals surface area contributed by atoms with Gasteiger partial charge >= 0.3 is 6.18 Å². The number of nitrogens with one attached hydrogen (secondary N) is 2. The third-order valence-electron chi connectivity index (χ3n) is 5.01. The van der Waals surface area contributed by atoms with Crippen LogP contribution in [0.2, 0.25) is 0 Å². The molecular weight excluding hydrogens is 375 g/mol. The highest BCUT2D eigenvalue weighted by Crippen LogP contribution is 2.37. The number of rotatable bonds is 6. The molecule has 2 amide bonds. The minimum Gasteiger partial charge on any atom is -0.397 e. The van der Waals surface area contributed by atoms with E-state index >= 15 is 0 Å². The van der Waals surface area contributed by atoms with Crippen molar-refractivity contribution in [2.24, 2.45) is 11.7 Å². The molecule has 1 saturated carbocycles. The number of anilines is 3. The second-order valence-corrected chi connectivity index (χ2v) is 7.09. The van der Waals surface area contributed by atoms with E-state index in [0.717, 1.165) is 0 Å². The molecule has 10 heteroatoms. The molecule has 0 unspecified atom stereocenters. The first-order valence-electron chi connectivity index (χ1n) is 9.01. The average Bonchev–Trinajstić information content (AvgIpc) is 2.60. The summed E-state index contributed by atoms with van der Waals surface area (Å²) < 4.78 is 38.4. The Labute approximate surface area is 161 Å². The van der Waals surface area contributed by atoms with E-state index in [1.165, 1.54) is 11.0 Å². The molecule has 0 aromatic heterocycles. The van der Waals surface area contributed by atoms with Gasteiger partial charge in [-0.15, -0.1) is 0 Å². The molecule has 1 aliphatic carbocycles. The molecule has 1 fully saturated rings. The molecule has 7 nitrogen and oxygen atoms in total. The molecule has 1 aliphatic rings. The highest BCUT2D eigenvalue weighted by atomic mass is 19.4. The van der Waals surface area contributed by atoms with Crippen LogP contribution < -0.4 is 27.0 Å². The van der Waals surface area contributed by atoms with Gasteiger partial charge in [-0.3, -0.25) is 9.59 Å². The molecule has 2 rings (SSSR count). The minimum atomic E-state index is -4.20. The largest absolute Gasteiger partial charge is 0.397 e. The topological polar surface area (TPSA) is 113 Å².